The van der Waals surface area contributed by atoms with Crippen molar-refractivity contribution < 1.29 is 14.3 Å². The molecule has 1 aliphatic rings. The third-order valence-corrected chi connectivity index (χ3v) is 4.25. The fraction of sp³-hybridized carbons (Fsp3) is 0.176. The molecule has 1 heterocycles. The zero-order chi connectivity index (χ0) is 17.3. The summed E-state index contributed by atoms with van der Waals surface area (Å²) in [5.74, 6) is -0.00830. The number of imide groups is 1. The van der Waals surface area contributed by atoms with Crippen molar-refractivity contribution >= 4 is 46.4 Å². The van der Waals surface area contributed by atoms with Gasteiger partial charge < -0.3 is 10.1 Å². The molecule has 24 heavy (non-hydrogen) atoms. The van der Waals surface area contributed by atoms with Gasteiger partial charge in [-0.1, -0.05) is 29.3 Å². The lowest BCUT2D eigenvalue weighted by molar-refractivity contribution is -0.121. The molecule has 124 valence electrons. The van der Waals surface area contributed by atoms with Crippen molar-refractivity contribution in [3.63, 3.8) is 0 Å². The van der Waals surface area contributed by atoms with E-state index < -0.39 is 6.04 Å². The van der Waals surface area contributed by atoms with Gasteiger partial charge in [0.1, 0.15) is 11.8 Å². The molecule has 0 aliphatic carbocycles. The quantitative estimate of drug-likeness (QED) is 0.839. The normalized spacial score (nSPS) is 17.3. The number of amides is 2. The Morgan fingerprint density at radius 3 is 2.67 bits per heavy atom. The van der Waals surface area contributed by atoms with E-state index in [1.165, 1.54) is 6.07 Å². The van der Waals surface area contributed by atoms with Crippen molar-refractivity contribution in [2.45, 2.75) is 12.5 Å². The number of nitrogens with zero attached hydrogens (tertiary/aromatic N) is 1. The summed E-state index contributed by atoms with van der Waals surface area (Å²) in [6.45, 7) is 0. The predicted octanol–water partition coefficient (Wildman–Crippen LogP) is 3.75. The molecule has 5 nitrogen and oxygen atoms in total. The fourth-order valence-corrected chi connectivity index (χ4v) is 3.07. The monoisotopic (exact) mass is 364 g/mol. The molecule has 0 saturated carbocycles. The topological polar surface area (TPSA) is 58.6 Å². The van der Waals surface area contributed by atoms with Gasteiger partial charge in [0.15, 0.2) is 0 Å². The smallest absolute Gasteiger partial charge is 0.256 e. The highest BCUT2D eigenvalue weighted by atomic mass is 35.5. The van der Waals surface area contributed by atoms with E-state index in [2.05, 4.69) is 5.32 Å². The molecule has 2 aromatic carbocycles. The maximum atomic E-state index is 12.6. The third-order valence-electron chi connectivity index (χ3n) is 3.71. The number of carbonyl (C=O) groups is 2. The van der Waals surface area contributed by atoms with Crippen LogP contribution in [0.5, 0.6) is 5.75 Å². The van der Waals surface area contributed by atoms with Crippen molar-refractivity contribution in [1.82, 2.24) is 0 Å². The first kappa shape index (κ1) is 16.6. The molecular formula is C17H14Cl2N2O3. The van der Waals surface area contributed by atoms with E-state index in [1.54, 1.807) is 43.5 Å². The Kier molecular flexibility index (Phi) is 4.64. The van der Waals surface area contributed by atoms with Gasteiger partial charge in [-0.15, -0.1) is 0 Å². The Labute approximate surface area is 149 Å². The summed E-state index contributed by atoms with van der Waals surface area (Å²) in [5.41, 5.74) is 1.04. The van der Waals surface area contributed by atoms with Crippen LogP contribution in [-0.2, 0) is 9.59 Å². The van der Waals surface area contributed by atoms with E-state index in [0.29, 0.717) is 22.1 Å². The van der Waals surface area contributed by atoms with Crippen molar-refractivity contribution in [3.05, 3.63) is 52.5 Å². The minimum absolute atomic E-state index is 0.0506. The first-order valence-corrected chi connectivity index (χ1v) is 7.97. The van der Waals surface area contributed by atoms with Crippen LogP contribution in [0.25, 0.3) is 0 Å². The SMILES string of the molecule is COc1cccc(NC2CC(=O)N(c3ccc(Cl)cc3Cl)C2=O)c1. The first-order chi connectivity index (χ1) is 11.5. The lowest BCUT2D eigenvalue weighted by Gasteiger charge is -2.17. The zero-order valence-corrected chi connectivity index (χ0v) is 14.3. The molecule has 1 N–H and O–H groups in total. The van der Waals surface area contributed by atoms with Crippen LogP contribution in [0.1, 0.15) is 6.42 Å². The largest absolute Gasteiger partial charge is 0.497 e. The minimum atomic E-state index is -0.656. The molecule has 1 atom stereocenters. The average molecular weight is 365 g/mol. The van der Waals surface area contributed by atoms with Gasteiger partial charge in [0.2, 0.25) is 5.91 Å². The number of anilines is 2. The lowest BCUT2D eigenvalue weighted by atomic mass is 10.2. The number of hydrogen-bond acceptors (Lipinski definition) is 4. The second-order valence-corrected chi connectivity index (χ2v) is 6.14. The number of benzene rings is 2. The average Bonchev–Trinajstić information content (AvgIpc) is 2.82. The molecule has 2 aromatic rings. The van der Waals surface area contributed by atoms with E-state index in [1.807, 2.05) is 0 Å². The molecule has 1 saturated heterocycles. The maximum Gasteiger partial charge on any atom is 0.256 e. The summed E-state index contributed by atoms with van der Waals surface area (Å²) in [6.07, 6.45) is 0.0506. The minimum Gasteiger partial charge on any atom is -0.497 e. The second-order valence-electron chi connectivity index (χ2n) is 5.30. The first-order valence-electron chi connectivity index (χ1n) is 7.22. The summed E-state index contributed by atoms with van der Waals surface area (Å²) in [7, 11) is 1.56. The number of rotatable bonds is 4. The van der Waals surface area contributed by atoms with E-state index in [-0.39, 0.29) is 23.3 Å². The molecule has 2 amide bonds. The summed E-state index contributed by atoms with van der Waals surface area (Å²) >= 11 is 12.0. The Hall–Kier alpha value is -2.24. The van der Waals surface area contributed by atoms with Crippen LogP contribution in [0.15, 0.2) is 42.5 Å². The third kappa shape index (κ3) is 3.18. The van der Waals surface area contributed by atoms with Crippen LogP contribution in [0.2, 0.25) is 10.0 Å². The van der Waals surface area contributed by atoms with Gasteiger partial charge in [0.25, 0.3) is 5.91 Å². The summed E-state index contributed by atoms with van der Waals surface area (Å²) in [4.78, 5) is 26.0. The molecule has 3 rings (SSSR count). The summed E-state index contributed by atoms with van der Waals surface area (Å²) < 4.78 is 5.15. The van der Waals surface area contributed by atoms with Crippen LogP contribution in [0.4, 0.5) is 11.4 Å². The zero-order valence-electron chi connectivity index (χ0n) is 12.8. The van der Waals surface area contributed by atoms with E-state index in [0.717, 1.165) is 4.90 Å². The van der Waals surface area contributed by atoms with Crippen molar-refractivity contribution in [1.29, 1.82) is 0 Å². The summed E-state index contributed by atoms with van der Waals surface area (Å²) in [5, 5.41) is 3.76. The van der Waals surface area contributed by atoms with Gasteiger partial charge in [-0.05, 0) is 30.3 Å². The molecular weight excluding hydrogens is 351 g/mol. The Morgan fingerprint density at radius 1 is 1.17 bits per heavy atom. The number of hydrogen-bond donors (Lipinski definition) is 1. The number of halogens is 2. The standard InChI is InChI=1S/C17H14Cl2N2O3/c1-24-12-4-2-3-11(8-12)20-14-9-16(22)21(17(14)23)15-6-5-10(18)7-13(15)19/h2-8,14,20H,9H2,1H3. The Morgan fingerprint density at radius 2 is 1.96 bits per heavy atom. The van der Waals surface area contributed by atoms with Crippen LogP contribution in [0, 0.1) is 0 Å². The predicted molar refractivity (Wildman–Crippen MR) is 94.0 cm³/mol. The molecule has 0 spiro atoms. The number of nitrogens with one attached hydrogen (secondary N) is 1. The van der Waals surface area contributed by atoms with Gasteiger partial charge in [0.05, 0.1) is 24.2 Å². The molecule has 1 fully saturated rings. The van der Waals surface area contributed by atoms with Crippen LogP contribution >= 0.6 is 23.2 Å². The number of carbonyl (C=O) groups excluding carboxylic acids is 2. The van der Waals surface area contributed by atoms with Gasteiger partial charge in [-0.2, -0.15) is 0 Å². The molecule has 0 radical (unpaired) electrons. The van der Waals surface area contributed by atoms with Gasteiger partial charge in [-0.3, -0.25) is 9.59 Å². The van der Waals surface area contributed by atoms with Gasteiger partial charge in [0, 0.05) is 16.8 Å². The van der Waals surface area contributed by atoms with Gasteiger partial charge in [-0.25, -0.2) is 4.90 Å². The van der Waals surface area contributed by atoms with E-state index in [4.69, 9.17) is 27.9 Å². The van der Waals surface area contributed by atoms with E-state index in [9.17, 15) is 9.59 Å². The number of methoxy groups -OCH3 is 1. The lowest BCUT2D eigenvalue weighted by Crippen LogP contribution is -2.35. The highest BCUT2D eigenvalue weighted by molar-refractivity contribution is 6.38. The maximum absolute atomic E-state index is 12.6. The highest BCUT2D eigenvalue weighted by Gasteiger charge is 2.40. The van der Waals surface area contributed by atoms with Crippen LogP contribution in [0.3, 0.4) is 0 Å². The van der Waals surface area contributed by atoms with Crippen molar-refractivity contribution in [3.8, 4) is 5.75 Å². The molecule has 1 aliphatic heterocycles. The second kappa shape index (κ2) is 6.71. The molecule has 1 unspecified atom stereocenters. The molecule has 0 aromatic heterocycles. The van der Waals surface area contributed by atoms with Crippen LogP contribution in [-0.4, -0.2) is 25.0 Å². The van der Waals surface area contributed by atoms with Crippen LogP contribution < -0.4 is 15.0 Å². The highest BCUT2D eigenvalue weighted by Crippen LogP contribution is 2.33. The number of ether oxygens (including phenoxy) is 1. The van der Waals surface area contributed by atoms with E-state index >= 15 is 0 Å². The summed E-state index contributed by atoms with van der Waals surface area (Å²) in [6, 6.07) is 11.2. The van der Waals surface area contributed by atoms with Crippen molar-refractivity contribution in [2.24, 2.45) is 0 Å². The fourth-order valence-electron chi connectivity index (χ4n) is 2.57. The Bertz CT molecular complexity index is 810. The Balaban J connectivity index is 1.83. The molecule has 0 bridgehead atoms. The van der Waals surface area contributed by atoms with Gasteiger partial charge >= 0.3 is 0 Å². The van der Waals surface area contributed by atoms with Crippen molar-refractivity contribution in [2.75, 3.05) is 17.3 Å². The molecule has 7 heteroatoms.